The van der Waals surface area contributed by atoms with Gasteiger partial charge >= 0.3 is 5.97 Å². The first-order valence-corrected chi connectivity index (χ1v) is 9.71. The van der Waals surface area contributed by atoms with Gasteiger partial charge < -0.3 is 29.6 Å². The number of phenolic OH excluding ortho intramolecular Hbond substituents is 1. The number of carboxylic acids is 1. The molecule has 1 aliphatic rings. The maximum atomic E-state index is 12.5. The number of rotatable bonds is 5. The lowest BCUT2D eigenvalue weighted by Crippen LogP contribution is -2.25. The molecule has 2 heterocycles. The molecule has 8 nitrogen and oxygen atoms in total. The Labute approximate surface area is 182 Å². The fraction of sp³-hybridized carbons (Fsp3) is 0.182. The van der Waals surface area contributed by atoms with Gasteiger partial charge in [0.2, 0.25) is 11.7 Å². The molecule has 0 aliphatic carbocycles. The predicted octanol–water partition coefficient (Wildman–Crippen LogP) is 4.03. The van der Waals surface area contributed by atoms with E-state index in [4.69, 9.17) is 21.1 Å². The van der Waals surface area contributed by atoms with E-state index < -0.39 is 11.9 Å². The highest BCUT2D eigenvalue weighted by Gasteiger charge is 2.35. The van der Waals surface area contributed by atoms with Gasteiger partial charge in [0.05, 0.1) is 36.3 Å². The van der Waals surface area contributed by atoms with Crippen molar-refractivity contribution >= 4 is 29.2 Å². The molecule has 1 amide bonds. The second kappa shape index (κ2) is 7.88. The highest BCUT2D eigenvalue weighted by molar-refractivity contribution is 6.32. The Hall–Kier alpha value is -3.65. The van der Waals surface area contributed by atoms with E-state index in [1.807, 2.05) is 0 Å². The Bertz CT molecular complexity index is 1180. The number of nitrogens with one attached hydrogen (secondary N) is 1. The molecule has 0 saturated heterocycles. The summed E-state index contributed by atoms with van der Waals surface area (Å²) in [5.74, 6) is -1.86. The number of hydrogen-bond donors (Lipinski definition) is 3. The number of nitrogens with zero attached hydrogens (tertiary/aromatic N) is 1. The van der Waals surface area contributed by atoms with Crippen LogP contribution in [-0.2, 0) is 4.79 Å². The van der Waals surface area contributed by atoms with Gasteiger partial charge in [-0.25, -0.2) is 4.79 Å². The second-order valence-corrected chi connectivity index (χ2v) is 7.42. The van der Waals surface area contributed by atoms with Gasteiger partial charge in [-0.05, 0) is 29.8 Å². The van der Waals surface area contributed by atoms with Crippen LogP contribution in [0, 0.1) is 0 Å². The first kappa shape index (κ1) is 20.6. The van der Waals surface area contributed by atoms with Crippen LogP contribution < -0.4 is 14.8 Å². The van der Waals surface area contributed by atoms with E-state index in [-0.39, 0.29) is 40.8 Å². The van der Waals surface area contributed by atoms with Crippen LogP contribution in [0.4, 0.5) is 5.69 Å². The van der Waals surface area contributed by atoms with Gasteiger partial charge in [0.1, 0.15) is 5.56 Å². The first-order chi connectivity index (χ1) is 14.8. The van der Waals surface area contributed by atoms with E-state index in [9.17, 15) is 19.8 Å². The number of carbonyl (C=O) groups excluding carboxylic acids is 1. The number of amides is 1. The molecule has 0 fully saturated rings. The van der Waals surface area contributed by atoms with Crippen LogP contribution >= 0.6 is 11.6 Å². The molecule has 0 radical (unpaired) electrons. The molecule has 0 unspecified atom stereocenters. The third kappa shape index (κ3) is 3.44. The number of aromatic hydroxyl groups is 1. The fourth-order valence-corrected chi connectivity index (χ4v) is 4.09. The maximum Gasteiger partial charge on any atom is 0.339 e. The quantitative estimate of drug-likeness (QED) is 0.550. The smallest absolute Gasteiger partial charge is 0.339 e. The number of benzene rings is 2. The Balaban J connectivity index is 2.01. The van der Waals surface area contributed by atoms with Crippen LogP contribution in [0.5, 0.6) is 17.2 Å². The molecule has 0 spiro atoms. The van der Waals surface area contributed by atoms with Crippen molar-refractivity contribution in [3.63, 3.8) is 0 Å². The van der Waals surface area contributed by atoms with Gasteiger partial charge in [-0.15, -0.1) is 0 Å². The number of aromatic nitrogens is 1. The van der Waals surface area contributed by atoms with Gasteiger partial charge in [-0.1, -0.05) is 23.7 Å². The summed E-state index contributed by atoms with van der Waals surface area (Å²) in [6.07, 6.45) is 1.50. The fourth-order valence-electron chi connectivity index (χ4n) is 3.87. The van der Waals surface area contributed by atoms with Crippen LogP contribution in [0.3, 0.4) is 0 Å². The van der Waals surface area contributed by atoms with Crippen LogP contribution in [0.2, 0.25) is 5.02 Å². The number of para-hydroxylation sites is 1. The first-order valence-electron chi connectivity index (χ1n) is 9.33. The summed E-state index contributed by atoms with van der Waals surface area (Å²) < 4.78 is 12.2. The van der Waals surface area contributed by atoms with Gasteiger partial charge in [0.15, 0.2) is 11.5 Å². The summed E-state index contributed by atoms with van der Waals surface area (Å²) in [7, 11) is 2.82. The number of ether oxygens (including phenoxy) is 2. The largest absolute Gasteiger partial charge is 0.502 e. The van der Waals surface area contributed by atoms with Gasteiger partial charge in [-0.2, -0.15) is 0 Å². The monoisotopic (exact) mass is 442 g/mol. The summed E-state index contributed by atoms with van der Waals surface area (Å²) in [4.78, 5) is 24.4. The molecular weight excluding hydrogens is 424 g/mol. The topological polar surface area (TPSA) is 110 Å². The number of methoxy groups -OCH3 is 2. The van der Waals surface area contributed by atoms with Crippen LogP contribution in [0.15, 0.2) is 42.6 Å². The van der Waals surface area contributed by atoms with Crippen molar-refractivity contribution < 1.29 is 29.3 Å². The number of aromatic carboxylic acids is 1. The van der Waals surface area contributed by atoms with Crippen LogP contribution in [0.25, 0.3) is 5.69 Å². The molecular formula is C22H19ClN2O6. The standard InChI is InChI=1S/C22H19ClN2O6/c1-30-16-7-11(8-17(31-2)21(16)27)12-9-18(26)24-19-13(22(28)29)10-25(20(12)19)15-6-4-3-5-14(15)23/h3-8,10,12,27H,9H2,1-2H3,(H,24,26)(H,28,29)/t12-/m0/s1. The highest BCUT2D eigenvalue weighted by atomic mass is 35.5. The van der Waals surface area contributed by atoms with E-state index in [0.717, 1.165) is 0 Å². The number of hydrogen-bond acceptors (Lipinski definition) is 5. The molecule has 160 valence electrons. The molecule has 31 heavy (non-hydrogen) atoms. The van der Waals surface area contributed by atoms with Crippen molar-refractivity contribution in [2.75, 3.05) is 19.5 Å². The lowest BCUT2D eigenvalue weighted by Gasteiger charge is -2.27. The average molecular weight is 443 g/mol. The number of carboxylic acid groups (broad SMARTS) is 1. The minimum Gasteiger partial charge on any atom is -0.502 e. The lowest BCUT2D eigenvalue weighted by molar-refractivity contribution is -0.116. The van der Waals surface area contributed by atoms with E-state index in [1.165, 1.54) is 20.4 Å². The second-order valence-electron chi connectivity index (χ2n) is 7.01. The average Bonchev–Trinajstić information content (AvgIpc) is 3.13. The Kier molecular flexibility index (Phi) is 5.24. The predicted molar refractivity (Wildman–Crippen MR) is 114 cm³/mol. The summed E-state index contributed by atoms with van der Waals surface area (Å²) in [5, 5.41) is 23.1. The zero-order valence-corrected chi connectivity index (χ0v) is 17.4. The molecule has 3 aromatic rings. The number of halogens is 1. The third-order valence-electron chi connectivity index (χ3n) is 5.27. The minimum absolute atomic E-state index is 0.0503. The van der Waals surface area contributed by atoms with Gasteiger partial charge in [0.25, 0.3) is 0 Å². The van der Waals surface area contributed by atoms with Gasteiger partial charge in [0, 0.05) is 18.5 Å². The maximum absolute atomic E-state index is 12.5. The molecule has 2 aromatic carbocycles. The Morgan fingerprint density at radius 1 is 1.19 bits per heavy atom. The molecule has 0 bridgehead atoms. The Morgan fingerprint density at radius 3 is 2.42 bits per heavy atom. The van der Waals surface area contributed by atoms with E-state index >= 15 is 0 Å². The van der Waals surface area contributed by atoms with Crippen LogP contribution in [-0.4, -0.2) is 40.9 Å². The SMILES string of the molecule is COc1cc([C@@H]2CC(=O)Nc3c(C(=O)O)cn(-c4ccccc4Cl)c32)cc(OC)c1O. The molecule has 1 atom stereocenters. The summed E-state index contributed by atoms with van der Waals surface area (Å²) >= 11 is 6.40. The van der Waals surface area contributed by atoms with Crippen molar-refractivity contribution in [3.8, 4) is 22.9 Å². The molecule has 0 saturated carbocycles. The molecule has 9 heteroatoms. The number of carbonyl (C=O) groups is 2. The van der Waals surface area contributed by atoms with E-state index in [1.54, 1.807) is 41.0 Å². The lowest BCUT2D eigenvalue weighted by atomic mass is 9.87. The van der Waals surface area contributed by atoms with Crippen molar-refractivity contribution in [1.29, 1.82) is 0 Å². The van der Waals surface area contributed by atoms with Crippen molar-refractivity contribution in [2.24, 2.45) is 0 Å². The number of phenols is 1. The number of fused-ring (bicyclic) bond motifs is 1. The number of anilines is 1. The van der Waals surface area contributed by atoms with Crippen molar-refractivity contribution in [3.05, 3.63) is 64.4 Å². The third-order valence-corrected chi connectivity index (χ3v) is 5.59. The minimum atomic E-state index is -1.18. The van der Waals surface area contributed by atoms with Crippen molar-refractivity contribution in [1.82, 2.24) is 4.57 Å². The zero-order valence-electron chi connectivity index (χ0n) is 16.7. The molecule has 3 N–H and O–H groups in total. The highest BCUT2D eigenvalue weighted by Crippen LogP contribution is 2.46. The zero-order chi connectivity index (χ0) is 22.3. The molecule has 1 aromatic heterocycles. The molecule has 4 rings (SSSR count). The summed E-state index contributed by atoms with van der Waals surface area (Å²) in [5.41, 5.74) is 1.91. The summed E-state index contributed by atoms with van der Waals surface area (Å²) in [6.45, 7) is 0. The van der Waals surface area contributed by atoms with Gasteiger partial charge in [-0.3, -0.25) is 4.79 Å². The molecule has 1 aliphatic heterocycles. The normalized spacial score (nSPS) is 15.2. The van der Waals surface area contributed by atoms with Crippen LogP contribution in [0.1, 0.15) is 34.0 Å². The summed E-state index contributed by atoms with van der Waals surface area (Å²) in [6, 6.07) is 10.2. The van der Waals surface area contributed by atoms with E-state index in [2.05, 4.69) is 5.32 Å². The van der Waals surface area contributed by atoms with Crippen molar-refractivity contribution in [2.45, 2.75) is 12.3 Å². The van der Waals surface area contributed by atoms with E-state index in [0.29, 0.717) is 22.0 Å². The Morgan fingerprint density at radius 2 is 1.84 bits per heavy atom.